The molecule has 25 heavy (non-hydrogen) atoms. The second-order valence-electron chi connectivity index (χ2n) is 7.45. The number of hydrogen-bond donors (Lipinski definition) is 1. The van der Waals surface area contributed by atoms with Gasteiger partial charge in [0.2, 0.25) is 0 Å². The molecule has 0 aliphatic carbocycles. The molecular formula is C18H29N5O2. The number of hydrogen-bond acceptors (Lipinski definition) is 4. The number of carbonyl (C=O) groups excluding carboxylic acids is 2. The van der Waals surface area contributed by atoms with Crippen LogP contribution in [0.3, 0.4) is 0 Å². The molecule has 0 radical (unpaired) electrons. The van der Waals surface area contributed by atoms with E-state index < -0.39 is 5.54 Å². The van der Waals surface area contributed by atoms with Crippen molar-refractivity contribution in [1.82, 2.24) is 24.9 Å². The summed E-state index contributed by atoms with van der Waals surface area (Å²) in [5.74, 6) is 0.449. The smallest absolute Gasteiger partial charge is 0.317 e. The normalized spacial score (nSPS) is 20.3. The third-order valence-electron chi connectivity index (χ3n) is 5.32. The predicted molar refractivity (Wildman–Crippen MR) is 94.8 cm³/mol. The molecule has 3 heterocycles. The Kier molecular flexibility index (Phi) is 5.13. The van der Waals surface area contributed by atoms with Crippen LogP contribution in [0.4, 0.5) is 4.79 Å². The van der Waals surface area contributed by atoms with Crippen molar-refractivity contribution in [1.29, 1.82) is 0 Å². The fourth-order valence-corrected chi connectivity index (χ4v) is 3.77. The van der Waals surface area contributed by atoms with Gasteiger partial charge in [-0.25, -0.2) is 4.79 Å². The van der Waals surface area contributed by atoms with Crippen LogP contribution in [0.25, 0.3) is 0 Å². The Morgan fingerprint density at radius 1 is 1.28 bits per heavy atom. The highest BCUT2D eigenvalue weighted by Gasteiger charge is 2.56. The van der Waals surface area contributed by atoms with E-state index >= 15 is 0 Å². The van der Waals surface area contributed by atoms with E-state index in [1.54, 1.807) is 0 Å². The fraction of sp³-hybridized carbons (Fsp3) is 0.722. The maximum atomic E-state index is 13.2. The van der Waals surface area contributed by atoms with Crippen LogP contribution in [0.5, 0.6) is 0 Å². The Morgan fingerprint density at radius 3 is 2.60 bits per heavy atom. The van der Waals surface area contributed by atoms with Crippen molar-refractivity contribution in [2.75, 3.05) is 19.6 Å². The van der Waals surface area contributed by atoms with Gasteiger partial charge in [-0.3, -0.25) is 14.4 Å². The van der Waals surface area contributed by atoms with Crippen molar-refractivity contribution >= 4 is 11.9 Å². The average molecular weight is 347 g/mol. The van der Waals surface area contributed by atoms with Crippen LogP contribution in [0.2, 0.25) is 0 Å². The van der Waals surface area contributed by atoms with Gasteiger partial charge < -0.3 is 10.2 Å². The zero-order valence-electron chi connectivity index (χ0n) is 15.5. The van der Waals surface area contributed by atoms with E-state index in [0.717, 1.165) is 31.7 Å². The largest absolute Gasteiger partial charge is 0.328 e. The molecule has 1 aromatic rings. The first-order valence-corrected chi connectivity index (χ1v) is 9.34. The van der Waals surface area contributed by atoms with Crippen molar-refractivity contribution in [3.63, 3.8) is 0 Å². The van der Waals surface area contributed by atoms with Crippen LogP contribution in [0.15, 0.2) is 12.3 Å². The van der Waals surface area contributed by atoms with Gasteiger partial charge in [0.1, 0.15) is 5.54 Å². The Bertz CT molecular complexity index is 633. The van der Waals surface area contributed by atoms with Crippen molar-refractivity contribution in [2.45, 2.75) is 58.7 Å². The van der Waals surface area contributed by atoms with E-state index in [1.807, 2.05) is 28.8 Å². The van der Waals surface area contributed by atoms with Crippen LogP contribution < -0.4 is 5.32 Å². The minimum absolute atomic E-state index is 0.0474. The number of amides is 3. The summed E-state index contributed by atoms with van der Waals surface area (Å²) in [5.41, 5.74) is 0.100. The Balaban J connectivity index is 1.84. The molecule has 1 spiro atoms. The van der Waals surface area contributed by atoms with Gasteiger partial charge in [0.25, 0.3) is 5.91 Å². The summed E-state index contributed by atoms with van der Waals surface area (Å²) in [6, 6.07) is 1.73. The molecule has 0 atom stereocenters. The summed E-state index contributed by atoms with van der Waals surface area (Å²) < 4.78 is 1.82. The third-order valence-corrected chi connectivity index (χ3v) is 5.32. The molecule has 0 saturated carbocycles. The second kappa shape index (κ2) is 7.15. The first-order chi connectivity index (χ1) is 12.0. The maximum absolute atomic E-state index is 13.2. The molecule has 7 nitrogen and oxygen atoms in total. The molecule has 1 N–H and O–H groups in total. The van der Waals surface area contributed by atoms with E-state index in [-0.39, 0.29) is 18.5 Å². The average Bonchev–Trinajstić information content (AvgIpc) is 3.13. The van der Waals surface area contributed by atoms with E-state index in [9.17, 15) is 9.59 Å². The number of aryl methyl sites for hydroxylation is 1. The number of rotatable bonds is 6. The standard InChI is InChI=1S/C18H29N5O2/c1-4-21-11-6-15(20-21)13-22-16(24)18(7-9-19-10-8-18)23(17(22)25)12-5-14(2)3/h6,11,14,19H,4-5,7-10,12-13H2,1-3H3. The Hall–Kier alpha value is -1.89. The number of aromatic nitrogens is 2. The highest BCUT2D eigenvalue weighted by Crippen LogP contribution is 2.36. The second-order valence-corrected chi connectivity index (χ2v) is 7.45. The SMILES string of the molecule is CCn1ccc(CN2C(=O)N(CCC(C)C)C3(CCNCC3)C2=O)n1. The van der Waals surface area contributed by atoms with Gasteiger partial charge in [0.15, 0.2) is 0 Å². The maximum Gasteiger partial charge on any atom is 0.328 e. The molecule has 0 bridgehead atoms. The first-order valence-electron chi connectivity index (χ1n) is 9.34. The Labute approximate surface area is 149 Å². The minimum atomic E-state index is -0.662. The van der Waals surface area contributed by atoms with E-state index in [2.05, 4.69) is 24.3 Å². The molecule has 1 aromatic heterocycles. The van der Waals surface area contributed by atoms with Crippen molar-refractivity contribution in [2.24, 2.45) is 5.92 Å². The lowest BCUT2D eigenvalue weighted by molar-refractivity contribution is -0.135. The zero-order valence-corrected chi connectivity index (χ0v) is 15.5. The van der Waals surface area contributed by atoms with Crippen molar-refractivity contribution in [3.05, 3.63) is 18.0 Å². The van der Waals surface area contributed by atoms with Crippen LogP contribution in [0.1, 0.15) is 45.7 Å². The molecular weight excluding hydrogens is 318 g/mol. The number of carbonyl (C=O) groups is 2. The van der Waals surface area contributed by atoms with E-state index in [4.69, 9.17) is 0 Å². The molecule has 0 aromatic carbocycles. The minimum Gasteiger partial charge on any atom is -0.317 e. The summed E-state index contributed by atoms with van der Waals surface area (Å²) in [7, 11) is 0. The topological polar surface area (TPSA) is 70.5 Å². The van der Waals surface area contributed by atoms with Gasteiger partial charge in [0.05, 0.1) is 12.2 Å². The zero-order chi connectivity index (χ0) is 18.0. The van der Waals surface area contributed by atoms with Gasteiger partial charge in [0, 0.05) is 19.3 Å². The predicted octanol–water partition coefficient (Wildman–Crippen LogP) is 1.84. The van der Waals surface area contributed by atoms with Crippen molar-refractivity contribution in [3.8, 4) is 0 Å². The number of nitrogens with one attached hydrogen (secondary N) is 1. The molecule has 3 rings (SSSR count). The lowest BCUT2D eigenvalue weighted by Gasteiger charge is -2.38. The summed E-state index contributed by atoms with van der Waals surface area (Å²) in [5, 5.41) is 7.74. The van der Waals surface area contributed by atoms with E-state index in [1.165, 1.54) is 4.90 Å². The van der Waals surface area contributed by atoms with E-state index in [0.29, 0.717) is 25.3 Å². The molecule has 0 unspecified atom stereocenters. The molecule has 7 heteroatoms. The summed E-state index contributed by atoms with van der Waals surface area (Å²) in [4.78, 5) is 29.5. The molecule has 2 aliphatic heterocycles. The molecule has 2 fully saturated rings. The fourth-order valence-electron chi connectivity index (χ4n) is 3.77. The van der Waals surface area contributed by atoms with Crippen LogP contribution >= 0.6 is 0 Å². The monoisotopic (exact) mass is 347 g/mol. The lowest BCUT2D eigenvalue weighted by atomic mass is 9.86. The van der Waals surface area contributed by atoms with Gasteiger partial charge in [-0.2, -0.15) is 5.10 Å². The van der Waals surface area contributed by atoms with Gasteiger partial charge >= 0.3 is 6.03 Å². The van der Waals surface area contributed by atoms with Gasteiger partial charge in [-0.05, 0) is 51.3 Å². The summed E-state index contributed by atoms with van der Waals surface area (Å²) in [6.07, 6.45) is 4.18. The van der Waals surface area contributed by atoms with Gasteiger partial charge in [-0.1, -0.05) is 13.8 Å². The number of imide groups is 1. The number of piperidine rings is 1. The molecule has 2 aliphatic rings. The van der Waals surface area contributed by atoms with Crippen LogP contribution in [0, 0.1) is 5.92 Å². The van der Waals surface area contributed by atoms with Gasteiger partial charge in [-0.15, -0.1) is 0 Å². The number of nitrogens with zero attached hydrogens (tertiary/aromatic N) is 4. The quantitative estimate of drug-likeness (QED) is 0.797. The Morgan fingerprint density at radius 2 is 2.00 bits per heavy atom. The third kappa shape index (κ3) is 3.29. The lowest BCUT2D eigenvalue weighted by Crippen LogP contribution is -2.56. The highest BCUT2D eigenvalue weighted by molar-refractivity contribution is 6.07. The number of urea groups is 1. The first kappa shape index (κ1) is 17.9. The van der Waals surface area contributed by atoms with Crippen molar-refractivity contribution < 1.29 is 9.59 Å². The summed E-state index contributed by atoms with van der Waals surface area (Å²) in [6.45, 7) is 9.53. The molecule has 138 valence electrons. The summed E-state index contributed by atoms with van der Waals surface area (Å²) >= 11 is 0. The highest BCUT2D eigenvalue weighted by atomic mass is 16.2. The van der Waals surface area contributed by atoms with Crippen LogP contribution in [-0.2, 0) is 17.9 Å². The van der Waals surface area contributed by atoms with Crippen LogP contribution in [-0.4, -0.2) is 56.7 Å². The molecule has 2 saturated heterocycles. The molecule has 3 amide bonds.